The van der Waals surface area contributed by atoms with E-state index in [9.17, 15) is 4.39 Å². The van der Waals surface area contributed by atoms with Gasteiger partial charge in [-0.2, -0.15) is 0 Å². The normalized spacial score (nSPS) is 16.3. The van der Waals surface area contributed by atoms with Crippen LogP contribution in [0.2, 0.25) is 0 Å². The summed E-state index contributed by atoms with van der Waals surface area (Å²) < 4.78 is 15.3. The molecule has 1 aromatic carbocycles. The molecule has 4 nitrogen and oxygen atoms in total. The van der Waals surface area contributed by atoms with Crippen LogP contribution in [0.25, 0.3) is 0 Å². The lowest BCUT2D eigenvalue weighted by molar-refractivity contribution is 0.350. The van der Waals surface area contributed by atoms with Crippen molar-refractivity contribution in [2.75, 3.05) is 13.1 Å². The van der Waals surface area contributed by atoms with Crippen LogP contribution in [0.1, 0.15) is 30.0 Å². The zero-order valence-electron chi connectivity index (χ0n) is 12.1. The topological polar surface area (TPSA) is 42.7 Å². The molecule has 1 aliphatic heterocycles. The van der Waals surface area contributed by atoms with E-state index in [2.05, 4.69) is 20.1 Å². The molecular formula is C15H19FN4S. The van der Waals surface area contributed by atoms with Gasteiger partial charge < -0.3 is 9.88 Å². The van der Waals surface area contributed by atoms with Crippen LogP contribution >= 0.6 is 11.8 Å². The molecule has 0 saturated carbocycles. The third-order valence-corrected chi connectivity index (χ3v) is 4.91. The average Bonchev–Trinajstić information content (AvgIpc) is 2.96. The minimum atomic E-state index is -0.181. The van der Waals surface area contributed by atoms with Crippen LogP contribution in [0.4, 0.5) is 4.39 Å². The first-order valence-corrected chi connectivity index (χ1v) is 8.20. The molecule has 6 heteroatoms. The van der Waals surface area contributed by atoms with Gasteiger partial charge in [0.25, 0.3) is 0 Å². The van der Waals surface area contributed by atoms with Gasteiger partial charge in [0.05, 0.1) is 0 Å². The van der Waals surface area contributed by atoms with Gasteiger partial charge in [-0.15, -0.1) is 10.2 Å². The summed E-state index contributed by atoms with van der Waals surface area (Å²) in [5.74, 6) is 0.606. The first kappa shape index (κ1) is 14.5. The summed E-state index contributed by atoms with van der Waals surface area (Å²) in [6, 6.07) is 5.43. The highest BCUT2D eigenvalue weighted by Gasteiger charge is 2.18. The van der Waals surface area contributed by atoms with Crippen molar-refractivity contribution >= 4 is 11.8 Å². The van der Waals surface area contributed by atoms with E-state index in [4.69, 9.17) is 0 Å². The Morgan fingerprint density at radius 2 is 2.19 bits per heavy atom. The molecule has 1 aromatic heterocycles. The first-order valence-electron chi connectivity index (χ1n) is 7.22. The molecule has 0 spiro atoms. The van der Waals surface area contributed by atoms with E-state index in [-0.39, 0.29) is 5.82 Å². The Hall–Kier alpha value is -1.40. The van der Waals surface area contributed by atoms with Gasteiger partial charge >= 0.3 is 0 Å². The summed E-state index contributed by atoms with van der Waals surface area (Å²) in [6.45, 7) is 4.03. The minimum absolute atomic E-state index is 0.181. The third-order valence-electron chi connectivity index (χ3n) is 3.90. The van der Waals surface area contributed by atoms with E-state index in [0.29, 0.717) is 6.04 Å². The molecule has 1 saturated heterocycles. The quantitative estimate of drug-likeness (QED) is 0.882. The van der Waals surface area contributed by atoms with Gasteiger partial charge in [-0.25, -0.2) is 4.39 Å². The predicted octanol–water partition coefficient (Wildman–Crippen LogP) is 2.94. The highest BCUT2D eigenvalue weighted by Crippen LogP contribution is 2.28. The van der Waals surface area contributed by atoms with Gasteiger partial charge in [0.1, 0.15) is 12.1 Å². The zero-order valence-corrected chi connectivity index (χ0v) is 12.9. The summed E-state index contributed by atoms with van der Waals surface area (Å²) in [7, 11) is 0. The van der Waals surface area contributed by atoms with Crippen LogP contribution in [0.5, 0.6) is 0 Å². The number of rotatable bonds is 4. The van der Waals surface area contributed by atoms with Gasteiger partial charge in [0.2, 0.25) is 0 Å². The lowest BCUT2D eigenvalue weighted by Gasteiger charge is -2.24. The monoisotopic (exact) mass is 306 g/mol. The molecule has 1 fully saturated rings. The van der Waals surface area contributed by atoms with E-state index >= 15 is 0 Å². The molecular weight excluding hydrogens is 287 g/mol. The average molecular weight is 306 g/mol. The number of piperidine rings is 1. The van der Waals surface area contributed by atoms with Gasteiger partial charge in [-0.1, -0.05) is 17.8 Å². The smallest absolute Gasteiger partial charge is 0.191 e. The summed E-state index contributed by atoms with van der Waals surface area (Å²) in [5.41, 5.74) is 2.12. The number of aromatic nitrogens is 3. The fourth-order valence-electron chi connectivity index (χ4n) is 2.63. The van der Waals surface area contributed by atoms with Crippen molar-refractivity contribution in [3.63, 3.8) is 0 Å². The van der Waals surface area contributed by atoms with Crippen LogP contribution in [0, 0.1) is 12.7 Å². The highest BCUT2D eigenvalue weighted by atomic mass is 32.2. The molecule has 0 atom stereocenters. The number of nitrogens with zero attached hydrogens (tertiary/aromatic N) is 3. The molecule has 2 heterocycles. The van der Waals surface area contributed by atoms with E-state index in [1.807, 2.05) is 19.3 Å². The Bertz CT molecular complexity index is 607. The summed E-state index contributed by atoms with van der Waals surface area (Å²) in [5, 5.41) is 12.6. The molecule has 112 valence electrons. The molecule has 0 unspecified atom stereocenters. The van der Waals surface area contributed by atoms with E-state index in [1.165, 1.54) is 6.07 Å². The first-order chi connectivity index (χ1) is 10.2. The number of nitrogens with one attached hydrogen (secondary N) is 1. The summed E-state index contributed by atoms with van der Waals surface area (Å²) >= 11 is 1.67. The molecule has 0 bridgehead atoms. The second kappa shape index (κ2) is 6.58. The maximum absolute atomic E-state index is 13.1. The molecule has 0 radical (unpaired) electrons. The van der Waals surface area contributed by atoms with E-state index in [0.717, 1.165) is 48.0 Å². The number of halogens is 1. The fourth-order valence-corrected chi connectivity index (χ4v) is 3.69. The standard InChI is InChI=1S/C15H19FN4S/c1-11-8-13(16)3-2-12(11)9-21-15-19-18-10-20(15)14-4-6-17-7-5-14/h2-3,8,10,14,17H,4-7,9H2,1H3. The van der Waals surface area contributed by atoms with Crippen molar-refractivity contribution in [2.24, 2.45) is 0 Å². The SMILES string of the molecule is Cc1cc(F)ccc1CSc1nncn1C1CCNCC1. The lowest BCUT2D eigenvalue weighted by Crippen LogP contribution is -2.29. The van der Waals surface area contributed by atoms with Gasteiger partial charge in [-0.3, -0.25) is 0 Å². The molecule has 21 heavy (non-hydrogen) atoms. The Kier molecular flexibility index (Phi) is 4.55. The van der Waals surface area contributed by atoms with Crippen molar-refractivity contribution in [1.29, 1.82) is 0 Å². The summed E-state index contributed by atoms with van der Waals surface area (Å²) in [4.78, 5) is 0. The Labute approximate surface area is 128 Å². The molecule has 2 aromatic rings. The van der Waals surface area contributed by atoms with Crippen molar-refractivity contribution in [3.05, 3.63) is 41.5 Å². The summed E-state index contributed by atoms with van der Waals surface area (Å²) in [6.07, 6.45) is 4.05. The van der Waals surface area contributed by atoms with Crippen LogP contribution in [0.3, 0.4) is 0 Å². The largest absolute Gasteiger partial charge is 0.317 e. The number of hydrogen-bond acceptors (Lipinski definition) is 4. The molecule has 0 amide bonds. The van der Waals surface area contributed by atoms with E-state index in [1.54, 1.807) is 17.8 Å². The molecule has 1 aliphatic rings. The van der Waals surface area contributed by atoms with Gasteiger partial charge in [0, 0.05) is 11.8 Å². The maximum Gasteiger partial charge on any atom is 0.191 e. The van der Waals surface area contributed by atoms with Gasteiger partial charge in [0.15, 0.2) is 5.16 Å². The Morgan fingerprint density at radius 1 is 1.38 bits per heavy atom. The highest BCUT2D eigenvalue weighted by molar-refractivity contribution is 7.98. The third kappa shape index (κ3) is 3.44. The zero-order chi connectivity index (χ0) is 14.7. The second-order valence-corrected chi connectivity index (χ2v) is 6.30. The lowest BCUT2D eigenvalue weighted by atomic mass is 10.1. The Morgan fingerprint density at radius 3 is 2.95 bits per heavy atom. The number of thioether (sulfide) groups is 1. The molecule has 0 aliphatic carbocycles. The van der Waals surface area contributed by atoms with Crippen LogP contribution in [-0.4, -0.2) is 27.9 Å². The number of hydrogen-bond donors (Lipinski definition) is 1. The van der Waals surface area contributed by atoms with Crippen molar-refractivity contribution < 1.29 is 4.39 Å². The predicted molar refractivity (Wildman–Crippen MR) is 81.9 cm³/mol. The fraction of sp³-hybridized carbons (Fsp3) is 0.467. The Balaban J connectivity index is 1.69. The number of aryl methyl sites for hydroxylation is 1. The van der Waals surface area contributed by atoms with Gasteiger partial charge in [-0.05, 0) is 56.1 Å². The van der Waals surface area contributed by atoms with Crippen molar-refractivity contribution in [1.82, 2.24) is 20.1 Å². The maximum atomic E-state index is 13.1. The molecule has 3 rings (SSSR count). The van der Waals surface area contributed by atoms with Crippen LogP contribution < -0.4 is 5.32 Å². The second-order valence-electron chi connectivity index (χ2n) is 5.36. The van der Waals surface area contributed by atoms with Crippen LogP contribution in [0.15, 0.2) is 29.7 Å². The molecule has 1 N–H and O–H groups in total. The van der Waals surface area contributed by atoms with E-state index < -0.39 is 0 Å². The minimum Gasteiger partial charge on any atom is -0.317 e. The van der Waals surface area contributed by atoms with Crippen molar-refractivity contribution in [3.8, 4) is 0 Å². The number of benzene rings is 1. The van der Waals surface area contributed by atoms with Crippen LogP contribution in [-0.2, 0) is 5.75 Å². The van der Waals surface area contributed by atoms with Crippen molar-refractivity contribution in [2.45, 2.75) is 36.7 Å².